The summed E-state index contributed by atoms with van der Waals surface area (Å²) in [5.41, 5.74) is 0.326. The Morgan fingerprint density at radius 1 is 1.46 bits per heavy atom. The highest BCUT2D eigenvalue weighted by Crippen LogP contribution is 2.25. The maximum atomic E-state index is 9.16. The maximum Gasteiger partial charge on any atom is 0.0554 e. The fraction of sp³-hybridized carbons (Fsp3) is 1.00. The number of rotatable bonds is 5. The van der Waals surface area contributed by atoms with Crippen molar-refractivity contribution in [3.63, 3.8) is 0 Å². The molecule has 78 valence electrons. The molecule has 0 aliphatic carbocycles. The first-order valence-electron chi connectivity index (χ1n) is 5.01. The molecule has 0 amide bonds. The number of hydrogen-bond acceptors (Lipinski definition) is 3. The molecule has 0 aromatic carbocycles. The van der Waals surface area contributed by atoms with Gasteiger partial charge in [0, 0.05) is 18.0 Å². The zero-order valence-electron chi connectivity index (χ0n) is 8.84. The summed E-state index contributed by atoms with van der Waals surface area (Å²) < 4.78 is 5.16. The van der Waals surface area contributed by atoms with Crippen LogP contribution in [0.3, 0.4) is 0 Å². The minimum absolute atomic E-state index is 0.215. The van der Waals surface area contributed by atoms with E-state index in [9.17, 15) is 0 Å². The van der Waals surface area contributed by atoms with Crippen molar-refractivity contribution >= 4 is 0 Å². The van der Waals surface area contributed by atoms with Crippen molar-refractivity contribution in [2.24, 2.45) is 5.41 Å². The molecule has 13 heavy (non-hydrogen) atoms. The summed E-state index contributed by atoms with van der Waals surface area (Å²) in [4.78, 5) is 0. The standard InChI is InChI=1S/C10H21NO2/c1-8(4-9(2)12)11-5-10(3)6-13-7-10/h8-9,11-12H,4-7H2,1-3H3. The Kier molecular flexibility index (Phi) is 3.71. The molecular weight excluding hydrogens is 166 g/mol. The van der Waals surface area contributed by atoms with E-state index in [1.54, 1.807) is 0 Å². The summed E-state index contributed by atoms with van der Waals surface area (Å²) in [6, 6.07) is 0.387. The van der Waals surface area contributed by atoms with E-state index in [-0.39, 0.29) is 6.10 Å². The maximum absolute atomic E-state index is 9.16. The van der Waals surface area contributed by atoms with E-state index in [0.717, 1.165) is 26.2 Å². The van der Waals surface area contributed by atoms with Gasteiger partial charge in [0.25, 0.3) is 0 Å². The molecule has 0 radical (unpaired) electrons. The summed E-state index contributed by atoms with van der Waals surface area (Å²) in [7, 11) is 0. The molecule has 2 N–H and O–H groups in total. The van der Waals surface area contributed by atoms with Crippen LogP contribution in [-0.4, -0.2) is 37.0 Å². The van der Waals surface area contributed by atoms with Gasteiger partial charge in [0.15, 0.2) is 0 Å². The van der Waals surface area contributed by atoms with Gasteiger partial charge >= 0.3 is 0 Å². The monoisotopic (exact) mass is 187 g/mol. The summed E-state index contributed by atoms with van der Waals surface area (Å²) in [5.74, 6) is 0. The van der Waals surface area contributed by atoms with Crippen molar-refractivity contribution in [1.29, 1.82) is 0 Å². The minimum Gasteiger partial charge on any atom is -0.393 e. The number of nitrogens with one attached hydrogen (secondary N) is 1. The zero-order valence-corrected chi connectivity index (χ0v) is 8.84. The molecular formula is C10H21NO2. The van der Waals surface area contributed by atoms with E-state index in [1.165, 1.54) is 0 Å². The minimum atomic E-state index is -0.215. The molecule has 0 aromatic rings. The summed E-state index contributed by atoms with van der Waals surface area (Å²) >= 11 is 0. The van der Waals surface area contributed by atoms with Crippen LogP contribution in [0.15, 0.2) is 0 Å². The van der Waals surface area contributed by atoms with Crippen LogP contribution in [0.25, 0.3) is 0 Å². The van der Waals surface area contributed by atoms with Crippen LogP contribution in [0, 0.1) is 5.41 Å². The van der Waals surface area contributed by atoms with Gasteiger partial charge in [-0.2, -0.15) is 0 Å². The molecule has 3 nitrogen and oxygen atoms in total. The molecule has 1 aliphatic rings. The smallest absolute Gasteiger partial charge is 0.0554 e. The number of aliphatic hydroxyl groups excluding tert-OH is 1. The average molecular weight is 187 g/mol. The van der Waals surface area contributed by atoms with E-state index < -0.39 is 0 Å². The van der Waals surface area contributed by atoms with Crippen molar-refractivity contribution in [2.45, 2.75) is 39.3 Å². The lowest BCUT2D eigenvalue weighted by Crippen LogP contribution is -2.49. The largest absolute Gasteiger partial charge is 0.393 e. The Balaban J connectivity index is 2.10. The van der Waals surface area contributed by atoms with Gasteiger partial charge in [-0.3, -0.25) is 0 Å². The van der Waals surface area contributed by atoms with Crippen LogP contribution in [0.5, 0.6) is 0 Å². The lowest BCUT2D eigenvalue weighted by atomic mass is 9.88. The zero-order chi connectivity index (χ0) is 9.90. The Morgan fingerprint density at radius 3 is 2.46 bits per heavy atom. The third kappa shape index (κ3) is 3.63. The Hall–Kier alpha value is -0.120. The van der Waals surface area contributed by atoms with Gasteiger partial charge in [-0.1, -0.05) is 6.92 Å². The van der Waals surface area contributed by atoms with Crippen molar-refractivity contribution in [1.82, 2.24) is 5.32 Å². The molecule has 1 heterocycles. The highest BCUT2D eigenvalue weighted by molar-refractivity contribution is 4.84. The molecule has 0 spiro atoms. The van der Waals surface area contributed by atoms with Crippen LogP contribution in [0.4, 0.5) is 0 Å². The third-order valence-corrected chi connectivity index (χ3v) is 2.47. The van der Waals surface area contributed by atoms with Gasteiger partial charge in [0.1, 0.15) is 0 Å². The van der Waals surface area contributed by atoms with E-state index in [0.29, 0.717) is 11.5 Å². The molecule has 0 saturated carbocycles. The first-order chi connectivity index (χ1) is 6.02. The normalized spacial score (nSPS) is 24.9. The van der Waals surface area contributed by atoms with Crippen molar-refractivity contribution < 1.29 is 9.84 Å². The number of ether oxygens (including phenoxy) is 1. The van der Waals surface area contributed by atoms with Crippen LogP contribution in [-0.2, 0) is 4.74 Å². The SMILES string of the molecule is CC(O)CC(C)NCC1(C)COC1. The quantitative estimate of drug-likeness (QED) is 0.668. The van der Waals surface area contributed by atoms with Gasteiger partial charge < -0.3 is 15.2 Å². The first-order valence-corrected chi connectivity index (χ1v) is 5.01. The molecule has 2 atom stereocenters. The lowest BCUT2D eigenvalue weighted by Gasteiger charge is -2.39. The fourth-order valence-electron chi connectivity index (χ4n) is 1.57. The van der Waals surface area contributed by atoms with E-state index in [1.807, 2.05) is 6.92 Å². The lowest BCUT2D eigenvalue weighted by molar-refractivity contribution is -0.100. The molecule has 2 unspecified atom stereocenters. The molecule has 0 bridgehead atoms. The summed E-state index contributed by atoms with van der Waals surface area (Å²) in [6.07, 6.45) is 0.602. The Morgan fingerprint density at radius 2 is 2.08 bits per heavy atom. The average Bonchev–Trinajstić information content (AvgIpc) is 1.96. The van der Waals surface area contributed by atoms with E-state index >= 15 is 0 Å². The predicted octanol–water partition coefficient (Wildman–Crippen LogP) is 0.772. The molecule has 1 aliphatic heterocycles. The van der Waals surface area contributed by atoms with Gasteiger partial charge in [0.05, 0.1) is 19.3 Å². The highest BCUT2D eigenvalue weighted by atomic mass is 16.5. The predicted molar refractivity (Wildman–Crippen MR) is 52.7 cm³/mol. The summed E-state index contributed by atoms with van der Waals surface area (Å²) in [5, 5.41) is 12.6. The Bertz CT molecular complexity index is 155. The second-order valence-corrected chi connectivity index (χ2v) is 4.67. The fourth-order valence-corrected chi connectivity index (χ4v) is 1.57. The van der Waals surface area contributed by atoms with Gasteiger partial charge in [-0.15, -0.1) is 0 Å². The van der Waals surface area contributed by atoms with E-state index in [4.69, 9.17) is 9.84 Å². The van der Waals surface area contributed by atoms with Crippen LogP contribution in [0.1, 0.15) is 27.2 Å². The Labute approximate surface area is 80.5 Å². The molecule has 3 heteroatoms. The van der Waals surface area contributed by atoms with Gasteiger partial charge in [0.2, 0.25) is 0 Å². The first kappa shape index (κ1) is 11.0. The molecule has 1 rings (SSSR count). The topological polar surface area (TPSA) is 41.5 Å². The van der Waals surface area contributed by atoms with Crippen molar-refractivity contribution in [2.75, 3.05) is 19.8 Å². The third-order valence-electron chi connectivity index (χ3n) is 2.47. The number of aliphatic hydroxyl groups is 1. The molecule has 1 saturated heterocycles. The van der Waals surface area contributed by atoms with Crippen molar-refractivity contribution in [3.8, 4) is 0 Å². The van der Waals surface area contributed by atoms with Crippen molar-refractivity contribution in [3.05, 3.63) is 0 Å². The molecule has 0 aromatic heterocycles. The molecule has 1 fully saturated rings. The number of hydrogen-bond donors (Lipinski definition) is 2. The van der Waals surface area contributed by atoms with E-state index in [2.05, 4.69) is 19.2 Å². The summed E-state index contributed by atoms with van der Waals surface area (Å²) in [6.45, 7) is 8.87. The van der Waals surface area contributed by atoms with Gasteiger partial charge in [-0.25, -0.2) is 0 Å². The second kappa shape index (κ2) is 4.40. The van der Waals surface area contributed by atoms with Crippen LogP contribution < -0.4 is 5.32 Å². The highest BCUT2D eigenvalue weighted by Gasteiger charge is 2.33. The van der Waals surface area contributed by atoms with Crippen LogP contribution in [0.2, 0.25) is 0 Å². The second-order valence-electron chi connectivity index (χ2n) is 4.67. The van der Waals surface area contributed by atoms with Gasteiger partial charge in [-0.05, 0) is 20.3 Å². The van der Waals surface area contributed by atoms with Crippen LogP contribution >= 0.6 is 0 Å².